The maximum atomic E-state index is 12.8. The van der Waals surface area contributed by atoms with Crippen LogP contribution in [-0.4, -0.2) is 26.3 Å². The van der Waals surface area contributed by atoms with E-state index in [0.29, 0.717) is 17.8 Å². The molecule has 0 atom stereocenters. The van der Waals surface area contributed by atoms with Gasteiger partial charge in [0.1, 0.15) is 18.2 Å². The summed E-state index contributed by atoms with van der Waals surface area (Å²) < 4.78 is 41.1. The fourth-order valence-corrected chi connectivity index (χ4v) is 3.22. The van der Waals surface area contributed by atoms with Crippen LogP contribution in [0.15, 0.2) is 54.4 Å². The van der Waals surface area contributed by atoms with E-state index >= 15 is 0 Å². The number of Topliss-reactive ketones (excluding diaryl/α,β-unsaturated/α-hetero) is 1. The number of allylic oxidation sites excluding steroid dienone is 1. The molecule has 5 nitrogen and oxygen atoms in total. The van der Waals surface area contributed by atoms with Crippen LogP contribution in [0, 0.1) is 25.2 Å². The van der Waals surface area contributed by atoms with E-state index < -0.39 is 18.5 Å². The molecule has 0 fully saturated rings. The Morgan fingerprint density at radius 3 is 2.57 bits per heavy atom. The van der Waals surface area contributed by atoms with Gasteiger partial charge in [0.25, 0.3) is 0 Å². The smallest absolute Gasteiger partial charge is 0.339 e. The fraction of sp³-hybridized carbons (Fsp3) is 0.227. The number of alkyl halides is 3. The molecular weight excluding hydrogens is 393 g/mol. The van der Waals surface area contributed by atoms with Gasteiger partial charge in [-0.2, -0.15) is 23.5 Å². The Morgan fingerprint density at radius 2 is 1.93 bits per heavy atom. The molecule has 0 aliphatic heterocycles. The number of aryl methyl sites for hydroxylation is 1. The van der Waals surface area contributed by atoms with Gasteiger partial charge < -0.3 is 4.57 Å². The number of carbonyl (C=O) groups is 1. The molecule has 8 heteroatoms. The Labute approximate surface area is 171 Å². The third kappa shape index (κ3) is 4.87. The van der Waals surface area contributed by atoms with Crippen molar-refractivity contribution in [1.29, 1.82) is 5.26 Å². The molecule has 0 amide bonds. The SMILES string of the molecule is Cc1cc(C(=O)/C(C#N)=C/c2cnn(Cc3ccccc3)c2)c(C)n1CC(F)(F)F. The average Bonchev–Trinajstić information content (AvgIpc) is 3.24. The molecule has 2 aromatic heterocycles. The third-order valence-corrected chi connectivity index (χ3v) is 4.67. The molecule has 154 valence electrons. The Morgan fingerprint density at radius 1 is 1.23 bits per heavy atom. The van der Waals surface area contributed by atoms with Gasteiger partial charge in [0.05, 0.1) is 12.7 Å². The van der Waals surface area contributed by atoms with Crippen LogP contribution >= 0.6 is 0 Å². The Hall–Kier alpha value is -3.60. The summed E-state index contributed by atoms with van der Waals surface area (Å²) in [6.45, 7) is 2.29. The highest BCUT2D eigenvalue weighted by Gasteiger charge is 2.30. The van der Waals surface area contributed by atoms with E-state index in [-0.39, 0.29) is 16.8 Å². The van der Waals surface area contributed by atoms with Gasteiger partial charge in [0, 0.05) is 28.7 Å². The summed E-state index contributed by atoms with van der Waals surface area (Å²) in [5.74, 6) is -0.616. The van der Waals surface area contributed by atoms with E-state index in [1.807, 2.05) is 36.4 Å². The number of nitriles is 1. The zero-order valence-corrected chi connectivity index (χ0v) is 16.4. The second-order valence-electron chi connectivity index (χ2n) is 6.94. The molecule has 0 unspecified atom stereocenters. The number of halogens is 3. The van der Waals surface area contributed by atoms with Gasteiger partial charge in [-0.15, -0.1) is 0 Å². The third-order valence-electron chi connectivity index (χ3n) is 4.67. The molecule has 0 aliphatic carbocycles. The molecule has 3 rings (SSSR count). The Balaban J connectivity index is 1.85. The largest absolute Gasteiger partial charge is 0.406 e. The molecule has 30 heavy (non-hydrogen) atoms. The summed E-state index contributed by atoms with van der Waals surface area (Å²) in [5, 5.41) is 13.7. The molecule has 3 aromatic rings. The second-order valence-corrected chi connectivity index (χ2v) is 6.94. The average molecular weight is 412 g/mol. The molecule has 0 saturated carbocycles. The monoisotopic (exact) mass is 412 g/mol. The lowest BCUT2D eigenvalue weighted by molar-refractivity contribution is -0.141. The second kappa shape index (κ2) is 8.41. The van der Waals surface area contributed by atoms with Crippen molar-refractivity contribution in [2.75, 3.05) is 0 Å². The number of aromatic nitrogens is 3. The van der Waals surface area contributed by atoms with Crippen molar-refractivity contribution in [2.24, 2.45) is 0 Å². The van der Waals surface area contributed by atoms with Gasteiger partial charge in [-0.05, 0) is 31.6 Å². The van der Waals surface area contributed by atoms with E-state index in [0.717, 1.165) is 10.1 Å². The van der Waals surface area contributed by atoms with E-state index in [2.05, 4.69) is 5.10 Å². The van der Waals surface area contributed by atoms with Crippen LogP contribution in [0.25, 0.3) is 6.08 Å². The zero-order valence-electron chi connectivity index (χ0n) is 16.4. The van der Waals surface area contributed by atoms with Crippen LogP contribution < -0.4 is 0 Å². The summed E-state index contributed by atoms with van der Waals surface area (Å²) in [6.07, 6.45) is 0.216. The Kier molecular flexibility index (Phi) is 5.92. The lowest BCUT2D eigenvalue weighted by atomic mass is 10.0. The lowest BCUT2D eigenvalue weighted by Crippen LogP contribution is -2.19. The first-order chi connectivity index (χ1) is 14.2. The molecule has 2 heterocycles. The summed E-state index contributed by atoms with van der Waals surface area (Å²) in [6, 6.07) is 12.9. The van der Waals surface area contributed by atoms with Gasteiger partial charge in [-0.1, -0.05) is 30.3 Å². The highest BCUT2D eigenvalue weighted by Crippen LogP contribution is 2.25. The molecule has 0 spiro atoms. The first kappa shape index (κ1) is 21.1. The van der Waals surface area contributed by atoms with Crippen molar-refractivity contribution in [1.82, 2.24) is 14.3 Å². The molecular formula is C22H19F3N4O. The number of benzene rings is 1. The van der Waals surface area contributed by atoms with Crippen LogP contribution in [0.5, 0.6) is 0 Å². The quantitative estimate of drug-likeness (QED) is 0.335. The van der Waals surface area contributed by atoms with Crippen LogP contribution in [-0.2, 0) is 13.1 Å². The van der Waals surface area contributed by atoms with E-state index in [1.165, 1.54) is 32.2 Å². The summed E-state index contributed by atoms with van der Waals surface area (Å²) in [7, 11) is 0. The predicted molar refractivity (Wildman–Crippen MR) is 106 cm³/mol. The highest BCUT2D eigenvalue weighted by atomic mass is 19.4. The van der Waals surface area contributed by atoms with Gasteiger partial charge in [-0.3, -0.25) is 9.48 Å². The lowest BCUT2D eigenvalue weighted by Gasteiger charge is -2.12. The first-order valence-corrected chi connectivity index (χ1v) is 9.14. The van der Waals surface area contributed by atoms with Crippen LogP contribution in [0.4, 0.5) is 13.2 Å². The summed E-state index contributed by atoms with van der Waals surface area (Å²) in [4.78, 5) is 12.8. The van der Waals surface area contributed by atoms with Gasteiger partial charge in [0.2, 0.25) is 5.78 Å². The first-order valence-electron chi connectivity index (χ1n) is 9.14. The van der Waals surface area contributed by atoms with Gasteiger partial charge in [-0.25, -0.2) is 0 Å². The van der Waals surface area contributed by atoms with Crippen molar-refractivity contribution < 1.29 is 18.0 Å². The topological polar surface area (TPSA) is 63.6 Å². The van der Waals surface area contributed by atoms with E-state index in [1.54, 1.807) is 10.9 Å². The Bertz CT molecular complexity index is 1130. The number of rotatable bonds is 6. The van der Waals surface area contributed by atoms with Crippen molar-refractivity contribution in [3.8, 4) is 6.07 Å². The molecule has 0 radical (unpaired) electrons. The van der Waals surface area contributed by atoms with E-state index in [4.69, 9.17) is 0 Å². The van der Waals surface area contributed by atoms with Crippen molar-refractivity contribution in [3.63, 3.8) is 0 Å². The van der Waals surface area contributed by atoms with Crippen LogP contribution in [0.1, 0.15) is 32.9 Å². The highest BCUT2D eigenvalue weighted by molar-refractivity contribution is 6.14. The minimum absolute atomic E-state index is 0.0845. The normalized spacial score (nSPS) is 12.1. The summed E-state index contributed by atoms with van der Waals surface area (Å²) in [5.41, 5.74) is 2.00. The van der Waals surface area contributed by atoms with E-state index in [9.17, 15) is 23.2 Å². The maximum absolute atomic E-state index is 12.8. The predicted octanol–water partition coefficient (Wildman–Crippen LogP) is 4.70. The van der Waals surface area contributed by atoms with Crippen LogP contribution in [0.3, 0.4) is 0 Å². The molecule has 0 aliphatic rings. The van der Waals surface area contributed by atoms with Gasteiger partial charge in [0.15, 0.2) is 0 Å². The molecule has 0 N–H and O–H groups in total. The zero-order chi connectivity index (χ0) is 21.9. The van der Waals surface area contributed by atoms with Crippen molar-refractivity contribution in [3.05, 3.63) is 82.4 Å². The minimum Gasteiger partial charge on any atom is -0.339 e. The molecule has 0 saturated heterocycles. The van der Waals surface area contributed by atoms with Gasteiger partial charge >= 0.3 is 6.18 Å². The standard InChI is InChI=1S/C22H19F3N4O/c1-15-8-20(16(2)29(15)14-22(23,24)25)21(30)19(10-26)9-18-11-27-28(13-18)12-17-6-4-3-5-7-17/h3-9,11,13H,12,14H2,1-2H3/b19-9+. The fourth-order valence-electron chi connectivity index (χ4n) is 3.22. The number of ketones is 1. The van der Waals surface area contributed by atoms with Crippen LogP contribution in [0.2, 0.25) is 0 Å². The minimum atomic E-state index is -4.41. The maximum Gasteiger partial charge on any atom is 0.406 e. The summed E-state index contributed by atoms with van der Waals surface area (Å²) >= 11 is 0. The number of hydrogen-bond acceptors (Lipinski definition) is 3. The molecule has 0 bridgehead atoms. The van der Waals surface area contributed by atoms with Crippen molar-refractivity contribution >= 4 is 11.9 Å². The molecule has 1 aromatic carbocycles. The van der Waals surface area contributed by atoms with Crippen molar-refractivity contribution in [2.45, 2.75) is 33.1 Å². The number of carbonyl (C=O) groups excluding carboxylic acids is 1. The number of nitrogens with zero attached hydrogens (tertiary/aromatic N) is 4. The number of hydrogen-bond donors (Lipinski definition) is 0.